The van der Waals surface area contributed by atoms with Gasteiger partial charge in [-0.3, -0.25) is 0 Å². The van der Waals surface area contributed by atoms with Crippen LogP contribution in [0.3, 0.4) is 0 Å². The number of unbranched alkanes of at least 4 members (excludes halogenated alkanes) is 1. The van der Waals surface area contributed by atoms with Gasteiger partial charge in [-0.1, -0.05) is 43.2 Å². The molecule has 0 aromatic heterocycles. The van der Waals surface area contributed by atoms with Crippen molar-refractivity contribution in [3.05, 3.63) is 66.2 Å². The number of anilines is 1. The molecular formula is C25H30N2O3S. The minimum Gasteiger partial charge on any atom is -0.494 e. The number of benzene rings is 3. The van der Waals surface area contributed by atoms with E-state index in [0.29, 0.717) is 37.7 Å². The zero-order chi connectivity index (χ0) is 21.8. The molecule has 1 aliphatic rings. The van der Waals surface area contributed by atoms with Gasteiger partial charge in [0.2, 0.25) is 10.0 Å². The normalized spacial score (nSPS) is 15.4. The summed E-state index contributed by atoms with van der Waals surface area (Å²) in [5, 5.41) is 1.89. The van der Waals surface area contributed by atoms with Gasteiger partial charge in [0.1, 0.15) is 5.75 Å². The number of hydrogen-bond donors (Lipinski definition) is 0. The van der Waals surface area contributed by atoms with Gasteiger partial charge in [0.25, 0.3) is 0 Å². The van der Waals surface area contributed by atoms with Crippen LogP contribution in [0.15, 0.2) is 65.6 Å². The summed E-state index contributed by atoms with van der Waals surface area (Å²) in [6, 6.07) is 19.6. The molecule has 1 heterocycles. The van der Waals surface area contributed by atoms with Crippen LogP contribution in [0.25, 0.3) is 10.8 Å². The van der Waals surface area contributed by atoms with Crippen LogP contribution in [0.5, 0.6) is 5.75 Å². The summed E-state index contributed by atoms with van der Waals surface area (Å²) >= 11 is 0. The molecule has 4 rings (SSSR count). The summed E-state index contributed by atoms with van der Waals surface area (Å²) < 4.78 is 33.9. The lowest BCUT2D eigenvalue weighted by molar-refractivity contribution is 0.310. The fourth-order valence-corrected chi connectivity index (χ4v) is 5.34. The van der Waals surface area contributed by atoms with Crippen LogP contribution < -0.4 is 9.64 Å². The van der Waals surface area contributed by atoms with Gasteiger partial charge >= 0.3 is 0 Å². The molecule has 3 aromatic rings. The second kappa shape index (κ2) is 9.28. The van der Waals surface area contributed by atoms with E-state index in [4.69, 9.17) is 4.74 Å². The van der Waals surface area contributed by atoms with Gasteiger partial charge in [-0.2, -0.15) is 4.31 Å². The van der Waals surface area contributed by atoms with E-state index >= 15 is 0 Å². The maximum Gasteiger partial charge on any atom is 0.243 e. The van der Waals surface area contributed by atoms with Crippen molar-refractivity contribution in [1.82, 2.24) is 4.31 Å². The highest BCUT2D eigenvalue weighted by Crippen LogP contribution is 2.27. The van der Waals surface area contributed by atoms with Crippen molar-refractivity contribution in [2.24, 2.45) is 0 Å². The average Bonchev–Trinajstić information content (AvgIpc) is 2.79. The van der Waals surface area contributed by atoms with Crippen molar-refractivity contribution >= 4 is 26.5 Å². The first kappa shape index (κ1) is 21.7. The van der Waals surface area contributed by atoms with Crippen molar-refractivity contribution in [3.8, 4) is 5.75 Å². The number of nitrogens with zero attached hydrogens (tertiary/aromatic N) is 2. The van der Waals surface area contributed by atoms with E-state index in [1.54, 1.807) is 16.4 Å². The Balaban J connectivity index is 1.46. The van der Waals surface area contributed by atoms with Crippen LogP contribution in [-0.4, -0.2) is 45.5 Å². The number of rotatable bonds is 7. The van der Waals surface area contributed by atoms with Gasteiger partial charge in [0.05, 0.1) is 11.5 Å². The Morgan fingerprint density at radius 3 is 2.26 bits per heavy atom. The third kappa shape index (κ3) is 4.86. The van der Waals surface area contributed by atoms with Gasteiger partial charge in [0.15, 0.2) is 0 Å². The SMILES string of the molecule is CCCCOc1ccc2cc(S(=O)(=O)N3CCN(c4ccc(C)cc4)CC3)ccc2c1. The molecule has 0 N–H and O–H groups in total. The van der Waals surface area contributed by atoms with Gasteiger partial charge < -0.3 is 9.64 Å². The zero-order valence-corrected chi connectivity index (χ0v) is 19.1. The van der Waals surface area contributed by atoms with Gasteiger partial charge in [0, 0.05) is 31.9 Å². The van der Waals surface area contributed by atoms with Crippen molar-refractivity contribution < 1.29 is 13.2 Å². The van der Waals surface area contributed by atoms with E-state index in [9.17, 15) is 8.42 Å². The van der Waals surface area contributed by atoms with Gasteiger partial charge in [-0.05, 0) is 60.5 Å². The van der Waals surface area contributed by atoms with Crippen LogP contribution in [0.4, 0.5) is 5.69 Å². The molecule has 164 valence electrons. The number of fused-ring (bicyclic) bond motifs is 1. The van der Waals surface area contributed by atoms with E-state index in [2.05, 4.69) is 43.0 Å². The Hall–Kier alpha value is -2.57. The maximum atomic E-state index is 13.2. The van der Waals surface area contributed by atoms with E-state index in [1.807, 2.05) is 24.3 Å². The first-order valence-electron chi connectivity index (χ1n) is 11.0. The lowest BCUT2D eigenvalue weighted by Crippen LogP contribution is -2.48. The number of aryl methyl sites for hydroxylation is 1. The molecule has 6 heteroatoms. The smallest absolute Gasteiger partial charge is 0.243 e. The molecule has 0 radical (unpaired) electrons. The van der Waals surface area contributed by atoms with Gasteiger partial charge in [-0.25, -0.2) is 8.42 Å². The standard InChI is InChI=1S/C25H30N2O3S/c1-3-4-17-30-24-11-7-22-19-25(12-8-21(22)18-24)31(28,29)27-15-13-26(14-16-27)23-9-5-20(2)6-10-23/h5-12,18-19H,3-4,13-17H2,1-2H3. The maximum absolute atomic E-state index is 13.2. The molecule has 0 amide bonds. The predicted molar refractivity (Wildman–Crippen MR) is 127 cm³/mol. The molecule has 0 aliphatic carbocycles. The number of piperazine rings is 1. The monoisotopic (exact) mass is 438 g/mol. The molecule has 5 nitrogen and oxygen atoms in total. The molecule has 1 aliphatic heterocycles. The molecule has 31 heavy (non-hydrogen) atoms. The minimum absolute atomic E-state index is 0.350. The molecule has 1 fully saturated rings. The van der Waals surface area contributed by atoms with E-state index in [0.717, 1.165) is 35.1 Å². The van der Waals surface area contributed by atoms with E-state index in [-0.39, 0.29) is 0 Å². The summed E-state index contributed by atoms with van der Waals surface area (Å²) in [5.41, 5.74) is 2.37. The number of ether oxygens (including phenoxy) is 1. The highest BCUT2D eigenvalue weighted by molar-refractivity contribution is 7.89. The Morgan fingerprint density at radius 2 is 1.55 bits per heavy atom. The molecule has 0 spiro atoms. The molecule has 1 saturated heterocycles. The van der Waals surface area contributed by atoms with Crippen molar-refractivity contribution in [3.63, 3.8) is 0 Å². The topological polar surface area (TPSA) is 49.9 Å². The highest BCUT2D eigenvalue weighted by Gasteiger charge is 2.28. The lowest BCUT2D eigenvalue weighted by Gasteiger charge is -2.35. The Kier molecular flexibility index (Phi) is 6.49. The first-order valence-corrected chi connectivity index (χ1v) is 12.4. The van der Waals surface area contributed by atoms with Crippen LogP contribution >= 0.6 is 0 Å². The lowest BCUT2D eigenvalue weighted by atomic mass is 10.1. The summed E-state index contributed by atoms with van der Waals surface area (Å²) in [4.78, 5) is 2.59. The Morgan fingerprint density at radius 1 is 0.871 bits per heavy atom. The average molecular weight is 439 g/mol. The third-order valence-corrected chi connectivity index (χ3v) is 7.72. The fourth-order valence-electron chi connectivity index (χ4n) is 3.88. The molecule has 0 atom stereocenters. The molecule has 0 bridgehead atoms. The predicted octanol–water partition coefficient (Wildman–Crippen LogP) is 4.84. The van der Waals surface area contributed by atoms with Crippen LogP contribution in [0.2, 0.25) is 0 Å². The number of hydrogen-bond acceptors (Lipinski definition) is 4. The van der Waals surface area contributed by atoms with Crippen LogP contribution in [0.1, 0.15) is 25.3 Å². The fraction of sp³-hybridized carbons (Fsp3) is 0.360. The van der Waals surface area contributed by atoms with Crippen molar-refractivity contribution in [1.29, 1.82) is 0 Å². The summed E-state index contributed by atoms with van der Waals surface area (Å²) in [5.74, 6) is 0.823. The van der Waals surface area contributed by atoms with Crippen molar-refractivity contribution in [2.45, 2.75) is 31.6 Å². The summed E-state index contributed by atoms with van der Waals surface area (Å²) in [6.07, 6.45) is 2.11. The minimum atomic E-state index is -3.52. The third-order valence-electron chi connectivity index (χ3n) is 5.83. The van der Waals surface area contributed by atoms with E-state index < -0.39 is 10.0 Å². The summed E-state index contributed by atoms with van der Waals surface area (Å²) in [7, 11) is -3.52. The van der Waals surface area contributed by atoms with Crippen LogP contribution in [-0.2, 0) is 10.0 Å². The Labute approximate surface area is 185 Å². The quantitative estimate of drug-likeness (QED) is 0.496. The highest BCUT2D eigenvalue weighted by atomic mass is 32.2. The van der Waals surface area contributed by atoms with Crippen molar-refractivity contribution in [2.75, 3.05) is 37.7 Å². The van der Waals surface area contributed by atoms with Crippen LogP contribution in [0, 0.1) is 6.92 Å². The molecule has 0 unspecified atom stereocenters. The molecule has 3 aromatic carbocycles. The molecular weight excluding hydrogens is 408 g/mol. The largest absolute Gasteiger partial charge is 0.494 e. The second-order valence-corrected chi connectivity index (χ2v) is 10.0. The summed E-state index contributed by atoms with van der Waals surface area (Å²) in [6.45, 7) is 7.24. The van der Waals surface area contributed by atoms with Gasteiger partial charge in [-0.15, -0.1) is 0 Å². The molecule has 0 saturated carbocycles. The van der Waals surface area contributed by atoms with E-state index in [1.165, 1.54) is 5.56 Å². The first-order chi connectivity index (χ1) is 15.0. The second-order valence-electron chi connectivity index (χ2n) is 8.10. The zero-order valence-electron chi connectivity index (χ0n) is 18.3. The Bertz CT molecular complexity index is 1140. The number of sulfonamides is 1.